The van der Waals surface area contributed by atoms with Crippen LogP contribution in [0.1, 0.15) is 44.5 Å². The average molecular weight is 818 g/mol. The number of fused-ring (bicyclic) bond motifs is 6. The van der Waals surface area contributed by atoms with Crippen molar-refractivity contribution in [3.8, 4) is 33.8 Å². The van der Waals surface area contributed by atoms with E-state index in [4.69, 9.17) is 4.74 Å². The molecule has 1 heterocycles. The van der Waals surface area contributed by atoms with Crippen molar-refractivity contribution in [1.29, 1.82) is 0 Å². The molecule has 1 aliphatic heterocycles. The number of para-hydroxylation sites is 2. The first-order chi connectivity index (χ1) is 31.8. The highest BCUT2D eigenvalue weighted by Crippen LogP contribution is 2.64. The molecular weight excluding hydrogens is 775 g/mol. The van der Waals surface area contributed by atoms with E-state index in [-0.39, 0.29) is 0 Å². The Morgan fingerprint density at radius 2 is 0.719 bits per heavy atom. The molecule has 0 saturated carbocycles. The summed E-state index contributed by atoms with van der Waals surface area (Å²) in [5.74, 6) is 1.75. The highest BCUT2D eigenvalue weighted by molar-refractivity contribution is 5.94. The van der Waals surface area contributed by atoms with Gasteiger partial charge in [0.1, 0.15) is 11.5 Å². The molecule has 2 aliphatic rings. The number of ether oxygens (including phenoxy) is 1. The first-order valence-electron chi connectivity index (χ1n) is 22.1. The van der Waals surface area contributed by atoms with Crippen LogP contribution in [0.2, 0.25) is 0 Å². The Hall–Kier alpha value is -8.20. The minimum Gasteiger partial charge on any atom is -0.456 e. The average Bonchev–Trinajstić information content (AvgIpc) is 3.68. The molecule has 0 amide bonds. The SMILES string of the molecule is c1ccc(-c2ccc(N(c3ccccc3)c3ccc4c(c3)C(c3ccccc3)(c3ccccc3)c3ccc5c(c3-4)Oc3ccccc3C5(c3ccccc3)c3ccccc3)cc2)cc1. The van der Waals surface area contributed by atoms with Crippen molar-refractivity contribution in [3.63, 3.8) is 0 Å². The van der Waals surface area contributed by atoms with Crippen molar-refractivity contribution in [2.75, 3.05) is 4.90 Å². The van der Waals surface area contributed by atoms with Gasteiger partial charge in [0.05, 0.1) is 10.8 Å². The summed E-state index contributed by atoms with van der Waals surface area (Å²) in [5, 5.41) is 0. The van der Waals surface area contributed by atoms with Crippen LogP contribution in [0.3, 0.4) is 0 Å². The standard InChI is InChI=1S/C62H43NO/c1-7-21-44(22-8-1)45-35-37-51(38-36-45)63(50-31-17-6-18-32-50)52-39-40-53-57(43-52)62(48-27-13-4-14-28-48,49-29-15-5-16-30-49)55-41-42-56-60(59(53)55)64-58-34-20-19-33-54(58)61(56,46-23-9-2-10-24-46)47-25-11-3-12-26-47/h1-43H. The van der Waals surface area contributed by atoms with Crippen LogP contribution in [-0.2, 0) is 10.8 Å². The molecule has 0 radical (unpaired) electrons. The third-order valence-corrected chi connectivity index (χ3v) is 13.5. The molecule has 0 unspecified atom stereocenters. The Labute approximate surface area is 375 Å². The van der Waals surface area contributed by atoms with Gasteiger partial charge in [0.25, 0.3) is 0 Å². The van der Waals surface area contributed by atoms with Crippen LogP contribution in [-0.4, -0.2) is 0 Å². The van der Waals surface area contributed by atoms with E-state index < -0.39 is 10.8 Å². The maximum absolute atomic E-state index is 7.39. The van der Waals surface area contributed by atoms with E-state index in [2.05, 4.69) is 266 Å². The topological polar surface area (TPSA) is 12.5 Å². The Kier molecular flexibility index (Phi) is 8.98. The lowest BCUT2D eigenvalue weighted by atomic mass is 9.62. The van der Waals surface area contributed by atoms with Crippen LogP contribution in [0.15, 0.2) is 261 Å². The molecule has 10 aromatic rings. The van der Waals surface area contributed by atoms with E-state index in [1.54, 1.807) is 0 Å². The minimum atomic E-state index is -0.680. The quantitative estimate of drug-likeness (QED) is 0.151. The summed E-state index contributed by atoms with van der Waals surface area (Å²) in [6.45, 7) is 0. The van der Waals surface area contributed by atoms with E-state index in [1.807, 2.05) is 0 Å². The molecule has 0 fully saturated rings. The van der Waals surface area contributed by atoms with Crippen molar-refractivity contribution >= 4 is 17.1 Å². The Balaban J connectivity index is 1.16. The van der Waals surface area contributed by atoms with E-state index >= 15 is 0 Å². The van der Waals surface area contributed by atoms with Gasteiger partial charge in [-0.3, -0.25) is 0 Å². The van der Waals surface area contributed by atoms with Crippen LogP contribution >= 0.6 is 0 Å². The summed E-state index contributed by atoms with van der Waals surface area (Å²) < 4.78 is 7.39. The number of hydrogen-bond donors (Lipinski definition) is 0. The fourth-order valence-corrected chi connectivity index (χ4v) is 10.8. The van der Waals surface area contributed by atoms with Crippen LogP contribution in [0, 0.1) is 0 Å². The van der Waals surface area contributed by atoms with Gasteiger partial charge in [-0.05, 0) is 92.5 Å². The summed E-state index contributed by atoms with van der Waals surface area (Å²) in [5.41, 5.74) is 16.0. The van der Waals surface area contributed by atoms with Crippen molar-refractivity contribution in [3.05, 3.63) is 305 Å². The monoisotopic (exact) mass is 817 g/mol. The van der Waals surface area contributed by atoms with E-state index in [1.165, 1.54) is 44.5 Å². The Morgan fingerprint density at radius 1 is 0.297 bits per heavy atom. The number of rotatable bonds is 8. The summed E-state index contributed by atoms with van der Waals surface area (Å²) in [4.78, 5) is 2.39. The zero-order valence-electron chi connectivity index (χ0n) is 35.2. The first-order valence-corrected chi connectivity index (χ1v) is 22.1. The lowest BCUT2D eigenvalue weighted by molar-refractivity contribution is 0.435. The number of hydrogen-bond acceptors (Lipinski definition) is 2. The van der Waals surface area contributed by atoms with Crippen LogP contribution in [0.25, 0.3) is 22.3 Å². The van der Waals surface area contributed by atoms with E-state index in [0.29, 0.717) is 0 Å². The molecule has 302 valence electrons. The fourth-order valence-electron chi connectivity index (χ4n) is 10.8. The predicted molar refractivity (Wildman–Crippen MR) is 262 cm³/mol. The molecule has 0 aromatic heterocycles. The summed E-state index contributed by atoms with van der Waals surface area (Å²) in [7, 11) is 0. The fraction of sp³-hybridized carbons (Fsp3) is 0.0323. The van der Waals surface area contributed by atoms with E-state index in [9.17, 15) is 0 Å². The molecule has 1 aliphatic carbocycles. The number of anilines is 3. The van der Waals surface area contributed by atoms with Gasteiger partial charge < -0.3 is 9.64 Å². The smallest absolute Gasteiger partial charge is 0.140 e. The first kappa shape index (κ1) is 37.6. The van der Waals surface area contributed by atoms with Crippen molar-refractivity contribution in [2.24, 2.45) is 0 Å². The summed E-state index contributed by atoms with van der Waals surface area (Å²) in [6, 6.07) is 94.8. The van der Waals surface area contributed by atoms with Gasteiger partial charge >= 0.3 is 0 Å². The molecule has 0 saturated heterocycles. The zero-order valence-corrected chi connectivity index (χ0v) is 35.2. The second kappa shape index (κ2) is 15.3. The summed E-state index contributed by atoms with van der Waals surface area (Å²) >= 11 is 0. The normalized spacial score (nSPS) is 13.7. The van der Waals surface area contributed by atoms with Crippen LogP contribution in [0.4, 0.5) is 17.1 Å². The molecule has 2 nitrogen and oxygen atoms in total. The van der Waals surface area contributed by atoms with Crippen molar-refractivity contribution in [1.82, 2.24) is 0 Å². The Bertz CT molecular complexity index is 3180. The molecule has 0 N–H and O–H groups in total. The molecule has 2 heteroatoms. The molecule has 0 spiro atoms. The number of benzene rings is 10. The predicted octanol–water partition coefficient (Wildman–Crippen LogP) is 15.7. The second-order valence-corrected chi connectivity index (χ2v) is 16.7. The largest absolute Gasteiger partial charge is 0.456 e. The van der Waals surface area contributed by atoms with Crippen molar-refractivity contribution in [2.45, 2.75) is 10.8 Å². The zero-order chi connectivity index (χ0) is 42.5. The van der Waals surface area contributed by atoms with Crippen LogP contribution in [0.5, 0.6) is 11.5 Å². The minimum absolute atomic E-state index is 0.650. The highest BCUT2D eigenvalue weighted by Gasteiger charge is 2.52. The third kappa shape index (κ3) is 5.66. The molecular formula is C62H43NO. The lowest BCUT2D eigenvalue weighted by Gasteiger charge is -2.42. The maximum Gasteiger partial charge on any atom is 0.140 e. The molecule has 64 heavy (non-hydrogen) atoms. The van der Waals surface area contributed by atoms with Gasteiger partial charge in [0, 0.05) is 33.8 Å². The molecule has 0 atom stereocenters. The maximum atomic E-state index is 7.39. The Morgan fingerprint density at radius 3 is 1.28 bits per heavy atom. The van der Waals surface area contributed by atoms with Gasteiger partial charge in [-0.2, -0.15) is 0 Å². The van der Waals surface area contributed by atoms with Crippen molar-refractivity contribution < 1.29 is 4.74 Å². The molecule has 10 aromatic carbocycles. The summed E-state index contributed by atoms with van der Waals surface area (Å²) in [6.07, 6.45) is 0. The van der Waals surface area contributed by atoms with Crippen LogP contribution < -0.4 is 9.64 Å². The molecule has 12 rings (SSSR count). The third-order valence-electron chi connectivity index (χ3n) is 13.5. The van der Waals surface area contributed by atoms with Gasteiger partial charge in [-0.1, -0.05) is 218 Å². The molecule has 0 bridgehead atoms. The van der Waals surface area contributed by atoms with Gasteiger partial charge in [-0.15, -0.1) is 0 Å². The lowest BCUT2D eigenvalue weighted by Crippen LogP contribution is -2.34. The highest BCUT2D eigenvalue weighted by atomic mass is 16.5. The van der Waals surface area contributed by atoms with Gasteiger partial charge in [-0.25, -0.2) is 0 Å². The second-order valence-electron chi connectivity index (χ2n) is 16.7. The van der Waals surface area contributed by atoms with Gasteiger partial charge in [0.15, 0.2) is 0 Å². The number of nitrogens with zero attached hydrogens (tertiary/aromatic N) is 1. The van der Waals surface area contributed by atoms with Gasteiger partial charge in [0.2, 0.25) is 0 Å². The van der Waals surface area contributed by atoms with E-state index in [0.717, 1.165) is 50.8 Å².